The van der Waals surface area contributed by atoms with Crippen LogP contribution >= 0.6 is 0 Å². The van der Waals surface area contributed by atoms with E-state index in [0.29, 0.717) is 18.5 Å². The number of fused-ring (bicyclic) bond motifs is 1. The van der Waals surface area contributed by atoms with Crippen LogP contribution in [0.25, 0.3) is 0 Å². The van der Waals surface area contributed by atoms with Gasteiger partial charge in [0.2, 0.25) is 0 Å². The Morgan fingerprint density at radius 2 is 1.88 bits per heavy atom. The van der Waals surface area contributed by atoms with E-state index < -0.39 is 5.92 Å². The van der Waals surface area contributed by atoms with E-state index in [1.165, 1.54) is 19.8 Å². The summed E-state index contributed by atoms with van der Waals surface area (Å²) in [7, 11) is 2.75. The lowest BCUT2D eigenvalue weighted by molar-refractivity contribution is -0.142. The van der Waals surface area contributed by atoms with E-state index in [9.17, 15) is 9.59 Å². The Kier molecular flexibility index (Phi) is 4.69. The fourth-order valence-corrected chi connectivity index (χ4v) is 3.42. The lowest BCUT2D eigenvalue weighted by Gasteiger charge is -2.10. The highest BCUT2D eigenvalue weighted by Crippen LogP contribution is 2.35. The van der Waals surface area contributed by atoms with Crippen molar-refractivity contribution in [2.75, 3.05) is 14.2 Å². The van der Waals surface area contributed by atoms with Gasteiger partial charge in [0.05, 0.1) is 25.7 Å². The molecule has 1 unspecified atom stereocenters. The molecule has 0 radical (unpaired) electrons. The van der Waals surface area contributed by atoms with E-state index in [4.69, 9.17) is 9.47 Å². The summed E-state index contributed by atoms with van der Waals surface area (Å²) in [5.41, 5.74) is 3.40. The molecule has 0 saturated carbocycles. The van der Waals surface area contributed by atoms with Gasteiger partial charge in [-0.3, -0.25) is 4.79 Å². The minimum atomic E-state index is -0.394. The van der Waals surface area contributed by atoms with Crippen LogP contribution in [0.15, 0.2) is 36.5 Å². The molecule has 0 N–H and O–H groups in total. The average molecular weight is 327 g/mol. The van der Waals surface area contributed by atoms with Crippen molar-refractivity contribution in [2.24, 2.45) is 0 Å². The molecular formula is C19H21NO4. The predicted molar refractivity (Wildman–Crippen MR) is 89.0 cm³/mol. The second kappa shape index (κ2) is 6.91. The van der Waals surface area contributed by atoms with E-state index in [2.05, 4.69) is 12.1 Å². The Labute approximate surface area is 141 Å². The van der Waals surface area contributed by atoms with E-state index in [-0.39, 0.29) is 11.9 Å². The standard InChI is InChI=1S/C19H21NO4/c1-23-18(21)15-10-11-20-12-14(16(17(15)20)19(22)24-2)9-8-13-6-4-3-5-7-13/h3-7,12,15H,8-11H2,1-2H3. The first-order valence-corrected chi connectivity index (χ1v) is 8.07. The summed E-state index contributed by atoms with van der Waals surface area (Å²) in [6.07, 6.45) is 4.19. The number of carbonyl (C=O) groups is 2. The summed E-state index contributed by atoms with van der Waals surface area (Å²) in [4.78, 5) is 24.4. The second-order valence-corrected chi connectivity index (χ2v) is 5.95. The largest absolute Gasteiger partial charge is 0.469 e. The molecule has 1 aromatic carbocycles. The summed E-state index contributed by atoms with van der Waals surface area (Å²) in [6.45, 7) is 0.713. The van der Waals surface area contributed by atoms with Gasteiger partial charge in [-0.2, -0.15) is 0 Å². The first kappa shape index (κ1) is 16.3. The molecule has 0 saturated heterocycles. The zero-order chi connectivity index (χ0) is 17.1. The van der Waals surface area contributed by atoms with Crippen molar-refractivity contribution in [3.63, 3.8) is 0 Å². The number of aromatic nitrogens is 1. The van der Waals surface area contributed by atoms with Gasteiger partial charge in [-0.1, -0.05) is 30.3 Å². The molecule has 126 valence electrons. The summed E-state index contributed by atoms with van der Waals surface area (Å²) in [5, 5.41) is 0. The molecule has 3 rings (SSSR count). The average Bonchev–Trinajstić information content (AvgIpc) is 3.18. The first-order chi connectivity index (χ1) is 11.7. The molecule has 1 atom stereocenters. The Bertz CT molecular complexity index is 748. The zero-order valence-electron chi connectivity index (χ0n) is 14.0. The van der Waals surface area contributed by atoms with Crippen LogP contribution in [0.3, 0.4) is 0 Å². The summed E-state index contributed by atoms with van der Waals surface area (Å²) >= 11 is 0. The molecule has 5 nitrogen and oxygen atoms in total. The monoisotopic (exact) mass is 327 g/mol. The van der Waals surface area contributed by atoms with Gasteiger partial charge >= 0.3 is 11.9 Å². The topological polar surface area (TPSA) is 57.5 Å². The van der Waals surface area contributed by atoms with Crippen LogP contribution in [0.1, 0.15) is 39.5 Å². The number of esters is 2. The van der Waals surface area contributed by atoms with E-state index in [0.717, 1.165) is 24.1 Å². The smallest absolute Gasteiger partial charge is 0.340 e. The number of benzene rings is 1. The van der Waals surface area contributed by atoms with Crippen molar-refractivity contribution in [1.29, 1.82) is 0 Å². The van der Waals surface area contributed by atoms with Crippen molar-refractivity contribution in [3.8, 4) is 0 Å². The van der Waals surface area contributed by atoms with Crippen LogP contribution in [-0.2, 0) is 33.7 Å². The minimum Gasteiger partial charge on any atom is -0.469 e. The van der Waals surface area contributed by atoms with Crippen molar-refractivity contribution in [3.05, 3.63) is 58.9 Å². The Balaban J connectivity index is 1.93. The Hall–Kier alpha value is -2.56. The molecule has 0 spiro atoms. The lowest BCUT2D eigenvalue weighted by Crippen LogP contribution is -2.16. The highest BCUT2D eigenvalue weighted by molar-refractivity contribution is 5.95. The molecular weight excluding hydrogens is 306 g/mol. The number of hydrogen-bond donors (Lipinski definition) is 0. The van der Waals surface area contributed by atoms with Crippen LogP contribution in [0.2, 0.25) is 0 Å². The normalized spacial score (nSPS) is 15.8. The third-order valence-electron chi connectivity index (χ3n) is 4.59. The van der Waals surface area contributed by atoms with Crippen LogP contribution < -0.4 is 0 Å². The highest BCUT2D eigenvalue weighted by atomic mass is 16.5. The number of hydrogen-bond acceptors (Lipinski definition) is 4. The van der Waals surface area contributed by atoms with Gasteiger partial charge in [0.15, 0.2) is 0 Å². The number of rotatable bonds is 5. The van der Waals surface area contributed by atoms with Crippen molar-refractivity contribution < 1.29 is 19.1 Å². The molecule has 1 aliphatic rings. The zero-order valence-corrected chi connectivity index (χ0v) is 14.0. The third-order valence-corrected chi connectivity index (χ3v) is 4.59. The number of aryl methyl sites for hydroxylation is 3. The number of nitrogens with zero attached hydrogens (tertiary/aromatic N) is 1. The maximum atomic E-state index is 12.3. The van der Waals surface area contributed by atoms with Gasteiger partial charge in [0.1, 0.15) is 0 Å². The van der Waals surface area contributed by atoms with Crippen molar-refractivity contribution >= 4 is 11.9 Å². The predicted octanol–water partition coefficient (Wildman–Crippen LogP) is 2.72. The molecule has 0 amide bonds. The number of methoxy groups -OCH3 is 2. The number of carbonyl (C=O) groups excluding carboxylic acids is 2. The maximum Gasteiger partial charge on any atom is 0.340 e. The third kappa shape index (κ3) is 2.94. The summed E-state index contributed by atoms with van der Waals surface area (Å²) in [6, 6.07) is 10.1. The van der Waals surface area contributed by atoms with Gasteiger partial charge in [-0.15, -0.1) is 0 Å². The van der Waals surface area contributed by atoms with E-state index in [1.807, 2.05) is 29.0 Å². The lowest BCUT2D eigenvalue weighted by atomic mass is 9.96. The summed E-state index contributed by atoms with van der Waals surface area (Å²) in [5.74, 6) is -1.08. The molecule has 1 aliphatic heterocycles. The van der Waals surface area contributed by atoms with Gasteiger partial charge < -0.3 is 14.0 Å². The molecule has 24 heavy (non-hydrogen) atoms. The fraction of sp³-hybridized carbons (Fsp3) is 0.368. The number of ether oxygens (including phenoxy) is 2. The van der Waals surface area contributed by atoms with Crippen LogP contribution in [0.5, 0.6) is 0 Å². The van der Waals surface area contributed by atoms with E-state index >= 15 is 0 Å². The van der Waals surface area contributed by atoms with Crippen LogP contribution in [0, 0.1) is 0 Å². The molecule has 0 aliphatic carbocycles. The maximum absolute atomic E-state index is 12.3. The minimum absolute atomic E-state index is 0.299. The molecule has 2 aromatic rings. The highest BCUT2D eigenvalue weighted by Gasteiger charge is 2.36. The molecule has 0 bridgehead atoms. The van der Waals surface area contributed by atoms with Gasteiger partial charge in [0.25, 0.3) is 0 Å². The molecule has 2 heterocycles. The fourth-order valence-electron chi connectivity index (χ4n) is 3.42. The summed E-state index contributed by atoms with van der Waals surface area (Å²) < 4.78 is 11.9. The SMILES string of the molecule is COC(=O)c1c(CCc2ccccc2)cn2c1C(C(=O)OC)CC2. The van der Waals surface area contributed by atoms with Crippen LogP contribution in [0.4, 0.5) is 0 Å². The van der Waals surface area contributed by atoms with Crippen molar-refractivity contribution in [2.45, 2.75) is 31.7 Å². The molecule has 1 aromatic heterocycles. The first-order valence-electron chi connectivity index (χ1n) is 8.07. The van der Waals surface area contributed by atoms with Gasteiger partial charge in [-0.05, 0) is 30.4 Å². The molecule has 0 fully saturated rings. The van der Waals surface area contributed by atoms with Gasteiger partial charge in [0, 0.05) is 18.4 Å². The Morgan fingerprint density at radius 3 is 2.54 bits per heavy atom. The van der Waals surface area contributed by atoms with Crippen molar-refractivity contribution in [1.82, 2.24) is 4.57 Å². The van der Waals surface area contributed by atoms with E-state index in [1.54, 1.807) is 0 Å². The second-order valence-electron chi connectivity index (χ2n) is 5.95. The quantitative estimate of drug-likeness (QED) is 0.792. The molecule has 5 heteroatoms. The van der Waals surface area contributed by atoms with Gasteiger partial charge in [-0.25, -0.2) is 4.79 Å². The Morgan fingerprint density at radius 1 is 1.12 bits per heavy atom. The van der Waals surface area contributed by atoms with Crippen LogP contribution in [-0.4, -0.2) is 30.7 Å².